The fourth-order valence-corrected chi connectivity index (χ4v) is 3.49. The molecule has 2 aliphatic rings. The smallest absolute Gasteiger partial charge is 0.170 e. The van der Waals surface area contributed by atoms with E-state index in [0.717, 1.165) is 33.9 Å². The third-order valence-electron chi connectivity index (χ3n) is 4.03. The van der Waals surface area contributed by atoms with Crippen molar-refractivity contribution in [1.29, 1.82) is 0 Å². The lowest BCUT2D eigenvalue weighted by Gasteiger charge is -2.30. The second-order valence-electron chi connectivity index (χ2n) is 5.63. The summed E-state index contributed by atoms with van der Waals surface area (Å²) in [6.45, 7) is 2.18. The van der Waals surface area contributed by atoms with Gasteiger partial charge in [-0.1, -0.05) is 53.2 Å². The molecule has 1 heterocycles. The Kier molecular flexibility index (Phi) is 3.30. The van der Waals surface area contributed by atoms with E-state index in [1.807, 2.05) is 30.3 Å². The van der Waals surface area contributed by atoms with Crippen LogP contribution in [-0.2, 0) is 0 Å². The van der Waals surface area contributed by atoms with Crippen LogP contribution in [0.3, 0.4) is 0 Å². The van der Waals surface area contributed by atoms with E-state index in [-0.39, 0.29) is 5.92 Å². The number of benzene rings is 2. The molecule has 2 aromatic carbocycles. The zero-order chi connectivity index (χ0) is 15.1. The number of allylic oxidation sites excluding steroid dienone is 3. The highest BCUT2D eigenvalue weighted by Gasteiger charge is 2.29. The lowest BCUT2D eigenvalue weighted by atomic mass is 9.88. The predicted molar refractivity (Wildman–Crippen MR) is 90.6 cm³/mol. The molecule has 0 radical (unpaired) electrons. The highest BCUT2D eigenvalue weighted by Crippen LogP contribution is 2.43. The lowest BCUT2D eigenvalue weighted by Crippen LogP contribution is -2.20. The summed E-state index contributed by atoms with van der Waals surface area (Å²) < 4.78 is 13.2. The Hall–Kier alpha value is -2.00. The minimum Gasteiger partial charge on any atom is -0.454 e. The SMILES string of the molecule is C[C@H]1CC(c2ccccc2Br)=CC2=C1Oc1ccccc1O2. The maximum Gasteiger partial charge on any atom is 0.170 e. The van der Waals surface area contributed by atoms with Crippen LogP contribution < -0.4 is 9.47 Å². The van der Waals surface area contributed by atoms with Crippen LogP contribution in [0.4, 0.5) is 0 Å². The highest BCUT2D eigenvalue weighted by molar-refractivity contribution is 9.10. The first-order valence-electron chi connectivity index (χ1n) is 7.37. The molecule has 2 nitrogen and oxygen atoms in total. The average molecular weight is 355 g/mol. The van der Waals surface area contributed by atoms with Crippen molar-refractivity contribution in [3.8, 4) is 11.5 Å². The van der Waals surface area contributed by atoms with Crippen molar-refractivity contribution in [2.75, 3.05) is 0 Å². The number of hydrogen-bond donors (Lipinski definition) is 0. The molecule has 2 aromatic rings. The number of hydrogen-bond acceptors (Lipinski definition) is 2. The maximum absolute atomic E-state index is 6.06. The van der Waals surface area contributed by atoms with E-state index in [4.69, 9.17) is 9.47 Å². The highest BCUT2D eigenvalue weighted by atomic mass is 79.9. The molecule has 3 heteroatoms. The molecular formula is C19H15BrO2. The Morgan fingerprint density at radius 2 is 1.64 bits per heavy atom. The van der Waals surface area contributed by atoms with Gasteiger partial charge in [-0.15, -0.1) is 0 Å². The van der Waals surface area contributed by atoms with E-state index in [2.05, 4.69) is 47.1 Å². The lowest BCUT2D eigenvalue weighted by molar-refractivity contribution is 0.264. The average Bonchev–Trinajstić information content (AvgIpc) is 2.53. The number of para-hydroxylation sites is 2. The summed E-state index contributed by atoms with van der Waals surface area (Å²) in [6, 6.07) is 16.1. The molecular weight excluding hydrogens is 340 g/mol. The summed E-state index contributed by atoms with van der Waals surface area (Å²) in [6.07, 6.45) is 3.04. The molecule has 0 bridgehead atoms. The van der Waals surface area contributed by atoms with Crippen LogP contribution in [0.15, 0.2) is 70.6 Å². The van der Waals surface area contributed by atoms with Gasteiger partial charge in [-0.3, -0.25) is 0 Å². The van der Waals surface area contributed by atoms with Gasteiger partial charge in [-0.25, -0.2) is 0 Å². The van der Waals surface area contributed by atoms with Gasteiger partial charge in [0.15, 0.2) is 17.3 Å². The van der Waals surface area contributed by atoms with Crippen molar-refractivity contribution in [2.45, 2.75) is 13.3 Å². The van der Waals surface area contributed by atoms with Crippen molar-refractivity contribution in [3.63, 3.8) is 0 Å². The topological polar surface area (TPSA) is 18.5 Å². The summed E-state index contributed by atoms with van der Waals surface area (Å²) >= 11 is 3.64. The largest absolute Gasteiger partial charge is 0.454 e. The molecule has 4 rings (SSSR count). The monoisotopic (exact) mass is 354 g/mol. The van der Waals surface area contributed by atoms with Gasteiger partial charge >= 0.3 is 0 Å². The van der Waals surface area contributed by atoms with Crippen molar-refractivity contribution >= 4 is 21.5 Å². The van der Waals surface area contributed by atoms with E-state index in [0.29, 0.717) is 0 Å². The van der Waals surface area contributed by atoms with Gasteiger partial charge in [0.1, 0.15) is 5.76 Å². The summed E-state index contributed by atoms with van der Waals surface area (Å²) in [4.78, 5) is 0. The van der Waals surface area contributed by atoms with Gasteiger partial charge in [-0.2, -0.15) is 0 Å². The first-order chi connectivity index (χ1) is 10.7. The van der Waals surface area contributed by atoms with E-state index in [1.165, 1.54) is 11.1 Å². The van der Waals surface area contributed by atoms with Crippen LogP contribution >= 0.6 is 15.9 Å². The van der Waals surface area contributed by atoms with Crippen molar-refractivity contribution in [2.24, 2.45) is 5.92 Å². The molecule has 0 saturated carbocycles. The first-order valence-corrected chi connectivity index (χ1v) is 8.16. The van der Waals surface area contributed by atoms with E-state index < -0.39 is 0 Å². The number of fused-ring (bicyclic) bond motifs is 1. The van der Waals surface area contributed by atoms with Crippen LogP contribution in [0.1, 0.15) is 18.9 Å². The van der Waals surface area contributed by atoms with Crippen LogP contribution in [0.2, 0.25) is 0 Å². The standard InChI is InChI=1S/C19H15BrO2/c1-12-10-13(14-6-2-3-7-15(14)20)11-18-19(12)22-17-9-5-4-8-16(17)21-18/h2-9,11-12H,10H2,1H3/t12-/m0/s1. The minimum absolute atomic E-state index is 0.287. The fourth-order valence-electron chi connectivity index (χ4n) is 2.95. The Morgan fingerprint density at radius 3 is 2.41 bits per heavy atom. The van der Waals surface area contributed by atoms with Gasteiger partial charge in [0.05, 0.1) is 0 Å². The van der Waals surface area contributed by atoms with Crippen LogP contribution in [0, 0.1) is 5.92 Å². The van der Waals surface area contributed by atoms with Crippen molar-refractivity contribution < 1.29 is 9.47 Å². The molecule has 0 aromatic heterocycles. The van der Waals surface area contributed by atoms with Gasteiger partial charge < -0.3 is 9.47 Å². The number of halogens is 1. The molecule has 0 saturated heterocycles. The molecule has 0 N–H and O–H groups in total. The second-order valence-corrected chi connectivity index (χ2v) is 6.49. The summed E-state index contributed by atoms with van der Waals surface area (Å²) in [5, 5.41) is 0. The molecule has 0 fully saturated rings. The van der Waals surface area contributed by atoms with E-state index in [9.17, 15) is 0 Å². The van der Waals surface area contributed by atoms with Gasteiger partial charge in [0.2, 0.25) is 0 Å². The van der Waals surface area contributed by atoms with E-state index in [1.54, 1.807) is 0 Å². The van der Waals surface area contributed by atoms with Gasteiger partial charge in [-0.05, 0) is 41.8 Å². The minimum atomic E-state index is 0.287. The summed E-state index contributed by atoms with van der Waals surface area (Å²) in [7, 11) is 0. The van der Waals surface area contributed by atoms with Gasteiger partial charge in [0.25, 0.3) is 0 Å². The van der Waals surface area contributed by atoms with E-state index >= 15 is 0 Å². The Bertz CT molecular complexity index is 805. The first kappa shape index (κ1) is 13.6. The molecule has 0 amide bonds. The molecule has 0 spiro atoms. The Balaban J connectivity index is 1.77. The van der Waals surface area contributed by atoms with Crippen LogP contribution in [-0.4, -0.2) is 0 Å². The van der Waals surface area contributed by atoms with Crippen LogP contribution in [0.5, 0.6) is 11.5 Å². The predicted octanol–water partition coefficient (Wildman–Crippen LogP) is 5.56. The summed E-state index contributed by atoms with van der Waals surface area (Å²) in [5.74, 6) is 3.61. The fraction of sp³-hybridized carbons (Fsp3) is 0.158. The molecule has 22 heavy (non-hydrogen) atoms. The third-order valence-corrected chi connectivity index (χ3v) is 4.72. The number of rotatable bonds is 1. The molecule has 0 unspecified atom stereocenters. The molecule has 1 aliphatic carbocycles. The van der Waals surface area contributed by atoms with Crippen molar-refractivity contribution in [1.82, 2.24) is 0 Å². The second kappa shape index (κ2) is 5.33. The van der Waals surface area contributed by atoms with Crippen LogP contribution in [0.25, 0.3) is 5.57 Å². The molecule has 110 valence electrons. The zero-order valence-corrected chi connectivity index (χ0v) is 13.8. The summed E-state index contributed by atoms with van der Waals surface area (Å²) in [5.41, 5.74) is 2.48. The molecule has 1 atom stereocenters. The van der Waals surface area contributed by atoms with Crippen molar-refractivity contribution in [3.05, 3.63) is 76.2 Å². The Morgan fingerprint density at radius 1 is 0.955 bits per heavy atom. The number of ether oxygens (including phenoxy) is 2. The normalized spacial score (nSPS) is 19.5. The molecule has 1 aliphatic heterocycles. The van der Waals surface area contributed by atoms with Gasteiger partial charge in [0, 0.05) is 10.4 Å². The Labute approximate surface area is 138 Å². The quantitative estimate of drug-likeness (QED) is 0.667. The maximum atomic E-state index is 6.06. The zero-order valence-electron chi connectivity index (χ0n) is 12.2. The third kappa shape index (κ3) is 2.26.